The Morgan fingerprint density at radius 2 is 1.56 bits per heavy atom. The lowest BCUT2D eigenvalue weighted by Crippen LogP contribution is -2.56. The Bertz CT molecular complexity index is 394. The predicted molar refractivity (Wildman–Crippen MR) is 72.9 cm³/mol. The molecule has 4 aliphatic carbocycles. The first-order valence-electron chi connectivity index (χ1n) is 7.38. The number of hydrogen-bond acceptors (Lipinski definition) is 3. The van der Waals surface area contributed by atoms with E-state index in [1.54, 1.807) is 6.92 Å². The van der Waals surface area contributed by atoms with Crippen molar-refractivity contribution in [2.75, 3.05) is 11.5 Å². The van der Waals surface area contributed by atoms with Crippen LogP contribution in [0.4, 0.5) is 0 Å². The van der Waals surface area contributed by atoms with Gasteiger partial charge in [-0.25, -0.2) is 8.42 Å². The van der Waals surface area contributed by atoms with Gasteiger partial charge in [0.15, 0.2) is 9.84 Å². The number of nitrogens with two attached hydrogens (primary N) is 1. The zero-order chi connectivity index (χ0) is 13.0. The Morgan fingerprint density at radius 3 is 1.94 bits per heavy atom. The third-order valence-corrected chi connectivity index (χ3v) is 7.49. The lowest BCUT2D eigenvalue weighted by Gasteiger charge is -2.58. The van der Waals surface area contributed by atoms with Gasteiger partial charge in [0.1, 0.15) is 0 Å². The molecule has 4 aliphatic rings. The smallest absolute Gasteiger partial charge is 0.151 e. The van der Waals surface area contributed by atoms with Gasteiger partial charge in [-0.1, -0.05) is 6.92 Å². The second-order valence-corrected chi connectivity index (χ2v) is 9.48. The van der Waals surface area contributed by atoms with Crippen molar-refractivity contribution in [3.05, 3.63) is 0 Å². The molecular formula is C14H25NO2S. The van der Waals surface area contributed by atoms with Gasteiger partial charge < -0.3 is 5.73 Å². The lowest BCUT2D eigenvalue weighted by atomic mass is 9.48. The van der Waals surface area contributed by atoms with Crippen LogP contribution in [0.15, 0.2) is 0 Å². The summed E-state index contributed by atoms with van der Waals surface area (Å²) in [5.41, 5.74) is 6.52. The Labute approximate surface area is 110 Å². The van der Waals surface area contributed by atoms with Crippen LogP contribution in [0, 0.1) is 23.2 Å². The first-order valence-corrected chi connectivity index (χ1v) is 9.20. The summed E-state index contributed by atoms with van der Waals surface area (Å²) in [7, 11) is -2.94. The van der Waals surface area contributed by atoms with Gasteiger partial charge in [-0.05, 0) is 61.7 Å². The predicted octanol–water partition coefficient (Wildman–Crippen LogP) is 1.96. The molecular weight excluding hydrogens is 246 g/mol. The zero-order valence-corrected chi connectivity index (χ0v) is 12.1. The Kier molecular flexibility index (Phi) is 3.02. The first-order chi connectivity index (χ1) is 8.42. The summed E-state index contributed by atoms with van der Waals surface area (Å²) in [4.78, 5) is 0. The van der Waals surface area contributed by atoms with Crippen molar-refractivity contribution in [1.82, 2.24) is 0 Å². The normalized spacial score (nSPS) is 44.2. The van der Waals surface area contributed by atoms with E-state index in [2.05, 4.69) is 0 Å². The maximum atomic E-state index is 11.8. The third-order valence-electron chi connectivity index (χ3n) is 5.75. The molecule has 0 saturated heterocycles. The Hall–Kier alpha value is -0.0900. The van der Waals surface area contributed by atoms with Crippen LogP contribution in [-0.2, 0) is 9.84 Å². The summed E-state index contributed by atoms with van der Waals surface area (Å²) in [6, 6.07) is -0.129. The molecule has 0 amide bonds. The van der Waals surface area contributed by atoms with E-state index in [0.29, 0.717) is 0 Å². The van der Waals surface area contributed by atoms with Crippen molar-refractivity contribution in [2.45, 2.75) is 51.5 Å². The third kappa shape index (κ3) is 2.11. The molecule has 0 aliphatic heterocycles. The molecule has 18 heavy (non-hydrogen) atoms. The standard InChI is InChI=1S/C14H25NO2S/c1-2-18(16,17)9-13(15)14-6-10-3-11(7-14)5-12(4-10)8-14/h10-13H,2-9,15H2,1H3. The average molecular weight is 271 g/mol. The molecule has 104 valence electrons. The highest BCUT2D eigenvalue weighted by Crippen LogP contribution is 2.61. The van der Waals surface area contributed by atoms with Crippen LogP contribution in [0.5, 0.6) is 0 Å². The molecule has 2 N–H and O–H groups in total. The van der Waals surface area contributed by atoms with Crippen molar-refractivity contribution in [2.24, 2.45) is 28.9 Å². The highest BCUT2D eigenvalue weighted by Gasteiger charge is 2.53. The number of hydrogen-bond donors (Lipinski definition) is 1. The van der Waals surface area contributed by atoms with E-state index < -0.39 is 9.84 Å². The molecule has 0 radical (unpaired) electrons. The number of sulfone groups is 1. The molecule has 0 heterocycles. The molecule has 4 fully saturated rings. The van der Waals surface area contributed by atoms with Crippen molar-refractivity contribution in [1.29, 1.82) is 0 Å². The lowest BCUT2D eigenvalue weighted by molar-refractivity contribution is -0.0632. The molecule has 4 bridgehead atoms. The van der Waals surface area contributed by atoms with Gasteiger partial charge in [0.05, 0.1) is 5.75 Å². The van der Waals surface area contributed by atoms with Crippen molar-refractivity contribution in [3.63, 3.8) is 0 Å². The SMILES string of the molecule is CCS(=O)(=O)CC(N)C12CC3CC(CC(C3)C1)C2. The fourth-order valence-electron chi connectivity index (χ4n) is 5.20. The molecule has 4 saturated carbocycles. The van der Waals surface area contributed by atoms with Gasteiger partial charge in [0.2, 0.25) is 0 Å². The van der Waals surface area contributed by atoms with E-state index >= 15 is 0 Å². The van der Waals surface area contributed by atoms with Crippen LogP contribution in [0.2, 0.25) is 0 Å². The van der Waals surface area contributed by atoms with Gasteiger partial charge in [0.25, 0.3) is 0 Å². The number of rotatable bonds is 4. The topological polar surface area (TPSA) is 60.2 Å². The maximum Gasteiger partial charge on any atom is 0.151 e. The largest absolute Gasteiger partial charge is 0.326 e. The van der Waals surface area contributed by atoms with Crippen LogP contribution >= 0.6 is 0 Å². The first kappa shape index (κ1) is 12.9. The van der Waals surface area contributed by atoms with Crippen molar-refractivity contribution >= 4 is 9.84 Å². The Balaban J connectivity index is 1.79. The van der Waals surface area contributed by atoms with Crippen LogP contribution in [-0.4, -0.2) is 26.0 Å². The van der Waals surface area contributed by atoms with Crippen LogP contribution in [0.25, 0.3) is 0 Å². The van der Waals surface area contributed by atoms with E-state index in [1.807, 2.05) is 0 Å². The zero-order valence-electron chi connectivity index (χ0n) is 11.3. The van der Waals surface area contributed by atoms with Crippen molar-refractivity contribution < 1.29 is 8.42 Å². The van der Waals surface area contributed by atoms with Crippen LogP contribution < -0.4 is 5.73 Å². The van der Waals surface area contributed by atoms with Gasteiger partial charge in [-0.3, -0.25) is 0 Å². The summed E-state index contributed by atoms with van der Waals surface area (Å²) in [5.74, 6) is 2.95. The van der Waals surface area contributed by atoms with E-state index in [4.69, 9.17) is 5.73 Å². The van der Waals surface area contributed by atoms with E-state index in [9.17, 15) is 8.42 Å². The minimum Gasteiger partial charge on any atom is -0.326 e. The fourth-order valence-corrected chi connectivity index (χ4v) is 6.34. The summed E-state index contributed by atoms with van der Waals surface area (Å²) < 4.78 is 23.6. The average Bonchev–Trinajstić information content (AvgIpc) is 2.26. The molecule has 4 heteroatoms. The molecule has 1 atom stereocenters. The molecule has 0 spiro atoms. The highest BCUT2D eigenvalue weighted by atomic mass is 32.2. The Morgan fingerprint density at radius 1 is 1.11 bits per heavy atom. The van der Waals surface area contributed by atoms with Crippen LogP contribution in [0.3, 0.4) is 0 Å². The second kappa shape index (κ2) is 4.20. The summed E-state index contributed by atoms with van der Waals surface area (Å²) in [6.45, 7) is 1.72. The molecule has 0 aromatic rings. The summed E-state index contributed by atoms with van der Waals surface area (Å²) in [5, 5.41) is 0. The minimum absolute atomic E-state index is 0.129. The van der Waals surface area contributed by atoms with E-state index in [-0.39, 0.29) is 23.0 Å². The fraction of sp³-hybridized carbons (Fsp3) is 1.00. The van der Waals surface area contributed by atoms with Gasteiger partial charge >= 0.3 is 0 Å². The molecule has 0 aromatic heterocycles. The molecule has 0 aromatic carbocycles. The maximum absolute atomic E-state index is 11.8. The second-order valence-electron chi connectivity index (χ2n) is 7.09. The molecule has 1 unspecified atom stereocenters. The van der Waals surface area contributed by atoms with Gasteiger partial charge in [-0.15, -0.1) is 0 Å². The van der Waals surface area contributed by atoms with Crippen molar-refractivity contribution in [3.8, 4) is 0 Å². The summed E-state index contributed by atoms with van der Waals surface area (Å²) >= 11 is 0. The van der Waals surface area contributed by atoms with Gasteiger partial charge in [-0.2, -0.15) is 0 Å². The monoisotopic (exact) mass is 271 g/mol. The summed E-state index contributed by atoms with van der Waals surface area (Å²) in [6.07, 6.45) is 7.73. The van der Waals surface area contributed by atoms with E-state index in [0.717, 1.165) is 17.8 Å². The molecule has 3 nitrogen and oxygen atoms in total. The van der Waals surface area contributed by atoms with Crippen LogP contribution in [0.1, 0.15) is 45.4 Å². The van der Waals surface area contributed by atoms with E-state index in [1.165, 1.54) is 38.5 Å². The minimum atomic E-state index is -2.94. The van der Waals surface area contributed by atoms with Gasteiger partial charge in [0, 0.05) is 11.8 Å². The highest BCUT2D eigenvalue weighted by molar-refractivity contribution is 7.91. The quantitative estimate of drug-likeness (QED) is 0.850. The molecule has 4 rings (SSSR count).